The molecule has 0 aromatic heterocycles. The fourth-order valence-corrected chi connectivity index (χ4v) is 8.17. The number of unbranched alkanes of at least 4 members (excludes halogenated alkanes) is 31. The van der Waals surface area contributed by atoms with Gasteiger partial charge in [-0.3, -0.25) is 18.6 Å². The van der Waals surface area contributed by atoms with Crippen molar-refractivity contribution < 1.29 is 47.8 Å². The molecule has 0 radical (unpaired) electrons. The van der Waals surface area contributed by atoms with Crippen LogP contribution in [0.5, 0.6) is 0 Å². The van der Waals surface area contributed by atoms with E-state index in [-0.39, 0.29) is 19.4 Å². The summed E-state index contributed by atoms with van der Waals surface area (Å²) in [5, 5.41) is 18.4. The smallest absolute Gasteiger partial charge is 0.462 e. The van der Waals surface area contributed by atoms with Crippen molar-refractivity contribution >= 4 is 19.8 Å². The van der Waals surface area contributed by atoms with E-state index >= 15 is 0 Å². The molecule has 0 aromatic carbocycles. The van der Waals surface area contributed by atoms with Crippen molar-refractivity contribution in [2.24, 2.45) is 0 Å². The molecular formula is C51H97O10P. The SMILES string of the molecule is CCCCCC/C=C\C/C=C\CCCCCCCC(=O)OC(COC(=O)CCCCCCCCCCCCCCCCCCCCCCCCC)COP(=O)(O)OCC(O)CO. The van der Waals surface area contributed by atoms with Gasteiger partial charge < -0.3 is 24.6 Å². The molecule has 11 heteroatoms. The van der Waals surface area contributed by atoms with Gasteiger partial charge in [0.05, 0.1) is 19.8 Å². The van der Waals surface area contributed by atoms with E-state index in [1.807, 2.05) is 0 Å². The Hall–Kier alpha value is -1.55. The van der Waals surface area contributed by atoms with Gasteiger partial charge in [0.15, 0.2) is 6.10 Å². The van der Waals surface area contributed by atoms with Gasteiger partial charge in [-0.1, -0.05) is 218 Å². The summed E-state index contributed by atoms with van der Waals surface area (Å²) in [7, 11) is -4.62. The van der Waals surface area contributed by atoms with E-state index in [9.17, 15) is 24.2 Å². The molecule has 10 nitrogen and oxygen atoms in total. The predicted octanol–water partition coefficient (Wildman–Crippen LogP) is 14.5. The van der Waals surface area contributed by atoms with E-state index in [4.69, 9.17) is 23.6 Å². The van der Waals surface area contributed by atoms with Crippen LogP contribution in [-0.4, -0.2) is 65.7 Å². The summed E-state index contributed by atoms with van der Waals surface area (Å²) in [6.45, 7) is 2.40. The fourth-order valence-electron chi connectivity index (χ4n) is 7.38. The lowest BCUT2D eigenvalue weighted by Crippen LogP contribution is -2.29. The molecule has 0 bridgehead atoms. The van der Waals surface area contributed by atoms with Gasteiger partial charge in [-0.15, -0.1) is 0 Å². The van der Waals surface area contributed by atoms with Gasteiger partial charge in [-0.2, -0.15) is 0 Å². The number of phosphoric acid groups is 1. The molecule has 3 N–H and O–H groups in total. The lowest BCUT2D eigenvalue weighted by Gasteiger charge is -2.20. The molecule has 0 aliphatic heterocycles. The van der Waals surface area contributed by atoms with Crippen molar-refractivity contribution in [2.45, 2.75) is 264 Å². The number of hydrogen-bond donors (Lipinski definition) is 3. The molecule has 0 aromatic rings. The van der Waals surface area contributed by atoms with Gasteiger partial charge in [0, 0.05) is 12.8 Å². The molecule has 0 aliphatic carbocycles. The topological polar surface area (TPSA) is 149 Å². The van der Waals surface area contributed by atoms with Gasteiger partial charge in [-0.05, 0) is 44.9 Å². The number of aliphatic hydroxyl groups excluding tert-OH is 2. The van der Waals surface area contributed by atoms with E-state index in [0.717, 1.165) is 57.8 Å². The Kier molecular flexibility index (Phi) is 46.2. The first kappa shape index (κ1) is 60.5. The quantitative estimate of drug-likeness (QED) is 0.0233. The monoisotopic (exact) mass is 901 g/mol. The van der Waals surface area contributed by atoms with E-state index in [2.05, 4.69) is 38.2 Å². The van der Waals surface area contributed by atoms with Gasteiger partial charge in [0.1, 0.15) is 12.7 Å². The summed E-state index contributed by atoms with van der Waals surface area (Å²) in [5.41, 5.74) is 0. The largest absolute Gasteiger partial charge is 0.472 e. The molecule has 0 saturated heterocycles. The van der Waals surface area contributed by atoms with Crippen LogP contribution in [0.2, 0.25) is 0 Å². The average Bonchev–Trinajstić information content (AvgIpc) is 3.26. The maximum absolute atomic E-state index is 12.7. The van der Waals surface area contributed by atoms with Crippen molar-refractivity contribution in [3.8, 4) is 0 Å². The highest BCUT2D eigenvalue weighted by atomic mass is 31.2. The van der Waals surface area contributed by atoms with Gasteiger partial charge in [0.2, 0.25) is 0 Å². The zero-order valence-corrected chi connectivity index (χ0v) is 41.0. The number of carbonyl (C=O) groups excluding carboxylic acids is 2. The molecule has 366 valence electrons. The Labute approximate surface area is 380 Å². The number of phosphoric ester groups is 1. The van der Waals surface area contributed by atoms with E-state index < -0.39 is 51.8 Å². The third-order valence-corrected chi connectivity index (χ3v) is 12.3. The maximum atomic E-state index is 12.7. The predicted molar refractivity (Wildman–Crippen MR) is 256 cm³/mol. The highest BCUT2D eigenvalue weighted by Gasteiger charge is 2.27. The summed E-state index contributed by atoms with van der Waals surface area (Å²) in [4.78, 5) is 35.1. The highest BCUT2D eigenvalue weighted by molar-refractivity contribution is 7.47. The highest BCUT2D eigenvalue weighted by Crippen LogP contribution is 2.43. The van der Waals surface area contributed by atoms with Crippen LogP contribution in [0.15, 0.2) is 24.3 Å². The fraction of sp³-hybridized carbons (Fsp3) is 0.882. The first-order valence-corrected chi connectivity index (χ1v) is 27.3. The number of allylic oxidation sites excluding steroid dienone is 4. The lowest BCUT2D eigenvalue weighted by atomic mass is 10.0. The van der Waals surface area contributed by atoms with Crippen molar-refractivity contribution in [1.29, 1.82) is 0 Å². The van der Waals surface area contributed by atoms with Crippen LogP contribution in [0.4, 0.5) is 0 Å². The molecule has 0 rings (SSSR count). The number of hydrogen-bond acceptors (Lipinski definition) is 9. The summed E-state index contributed by atoms with van der Waals surface area (Å²) in [6.07, 6.45) is 50.1. The van der Waals surface area contributed by atoms with Crippen LogP contribution in [0.3, 0.4) is 0 Å². The number of esters is 2. The second kappa shape index (κ2) is 47.4. The van der Waals surface area contributed by atoms with Crippen LogP contribution in [0.1, 0.15) is 251 Å². The van der Waals surface area contributed by atoms with Crippen LogP contribution >= 0.6 is 7.82 Å². The van der Waals surface area contributed by atoms with E-state index in [1.54, 1.807) is 0 Å². The second-order valence-electron chi connectivity index (χ2n) is 17.6. The van der Waals surface area contributed by atoms with Gasteiger partial charge >= 0.3 is 19.8 Å². The minimum absolute atomic E-state index is 0.171. The molecule has 3 atom stereocenters. The summed E-state index contributed by atoms with van der Waals surface area (Å²) in [5.74, 6) is -0.927. The second-order valence-corrected chi connectivity index (χ2v) is 19.0. The number of carbonyl (C=O) groups is 2. The Balaban J connectivity index is 4.12. The van der Waals surface area contributed by atoms with E-state index in [0.29, 0.717) is 12.8 Å². The third kappa shape index (κ3) is 46.4. The van der Waals surface area contributed by atoms with Crippen LogP contribution in [0, 0.1) is 0 Å². The Morgan fingerprint density at radius 1 is 0.484 bits per heavy atom. The van der Waals surface area contributed by atoms with E-state index in [1.165, 1.54) is 154 Å². The number of ether oxygens (including phenoxy) is 2. The van der Waals surface area contributed by atoms with Crippen LogP contribution < -0.4 is 0 Å². The van der Waals surface area contributed by atoms with Crippen LogP contribution in [-0.2, 0) is 32.7 Å². The molecule has 62 heavy (non-hydrogen) atoms. The third-order valence-electron chi connectivity index (χ3n) is 11.4. The van der Waals surface area contributed by atoms with Gasteiger partial charge in [-0.25, -0.2) is 4.57 Å². The number of aliphatic hydroxyl groups is 2. The van der Waals surface area contributed by atoms with Crippen LogP contribution in [0.25, 0.3) is 0 Å². The first-order chi connectivity index (χ1) is 30.2. The molecule has 0 heterocycles. The zero-order chi connectivity index (χ0) is 45.5. The molecule has 0 spiro atoms. The minimum Gasteiger partial charge on any atom is -0.462 e. The molecule has 0 fully saturated rings. The molecule has 3 unspecified atom stereocenters. The average molecular weight is 901 g/mol. The summed E-state index contributed by atoms with van der Waals surface area (Å²) >= 11 is 0. The lowest BCUT2D eigenvalue weighted by molar-refractivity contribution is -0.161. The van der Waals surface area contributed by atoms with Crippen molar-refractivity contribution in [3.63, 3.8) is 0 Å². The Bertz CT molecular complexity index is 1080. The zero-order valence-electron chi connectivity index (χ0n) is 40.1. The molecule has 0 aliphatic rings. The normalized spacial score (nSPS) is 13.8. The maximum Gasteiger partial charge on any atom is 0.472 e. The molecular weight excluding hydrogens is 804 g/mol. The minimum atomic E-state index is -4.62. The summed E-state index contributed by atoms with van der Waals surface area (Å²) < 4.78 is 32.8. The Morgan fingerprint density at radius 3 is 1.26 bits per heavy atom. The van der Waals surface area contributed by atoms with Crippen molar-refractivity contribution in [2.75, 3.05) is 26.4 Å². The van der Waals surface area contributed by atoms with Crippen molar-refractivity contribution in [1.82, 2.24) is 0 Å². The van der Waals surface area contributed by atoms with Crippen molar-refractivity contribution in [3.05, 3.63) is 24.3 Å². The standard InChI is InChI=1S/C51H97O10P/c1-3-5-7-9-11-13-15-17-19-21-22-23-24-25-26-27-29-30-32-34-36-38-40-42-50(54)58-46-49(47-60-62(56,57)59-45-48(53)44-52)61-51(55)43-41-39-37-35-33-31-28-20-18-16-14-12-10-8-6-4-2/h14,16,20,28,48-49,52-53H,3-13,15,17-19,21-27,29-47H2,1-2H3,(H,56,57)/b16-14-,28-20-. The first-order valence-electron chi connectivity index (χ1n) is 25.8. The Morgan fingerprint density at radius 2 is 0.839 bits per heavy atom. The summed E-state index contributed by atoms with van der Waals surface area (Å²) in [6, 6.07) is 0. The molecule has 0 amide bonds. The van der Waals surface area contributed by atoms with Gasteiger partial charge in [0.25, 0.3) is 0 Å². The number of rotatable bonds is 49. The molecule has 0 saturated carbocycles.